The number of carbonyl (C=O) groups excluding carboxylic acids is 1. The lowest BCUT2D eigenvalue weighted by Gasteiger charge is -2.23. The number of nitrogens with zero attached hydrogens (tertiary/aromatic N) is 2. The molecule has 2 heterocycles. The van der Waals surface area contributed by atoms with E-state index < -0.39 is 5.38 Å². The molecule has 0 aliphatic carbocycles. The third-order valence-corrected chi connectivity index (χ3v) is 3.55. The summed E-state index contributed by atoms with van der Waals surface area (Å²) in [7, 11) is 0. The first-order valence-corrected chi connectivity index (χ1v) is 6.55. The summed E-state index contributed by atoms with van der Waals surface area (Å²) in [6, 6.07) is 3.65. The number of carbonyl (C=O) groups is 1. The first-order chi connectivity index (χ1) is 8.29. The van der Waals surface area contributed by atoms with Crippen molar-refractivity contribution in [2.24, 2.45) is 0 Å². The summed E-state index contributed by atoms with van der Waals surface area (Å²) in [6.07, 6.45) is 7.94. The smallest absolute Gasteiger partial charge is 0.245 e. The van der Waals surface area contributed by atoms with Crippen molar-refractivity contribution in [2.75, 3.05) is 13.1 Å². The lowest BCUT2D eigenvalue weighted by atomic mass is 10.2. The van der Waals surface area contributed by atoms with Gasteiger partial charge < -0.3 is 4.90 Å². The van der Waals surface area contributed by atoms with E-state index in [1.165, 1.54) is 12.8 Å². The molecule has 0 N–H and O–H groups in total. The number of hydrogen-bond acceptors (Lipinski definition) is 2. The molecule has 4 heteroatoms. The number of amides is 1. The molecule has 1 fully saturated rings. The molecular weight excluding hydrogens is 236 g/mol. The van der Waals surface area contributed by atoms with E-state index >= 15 is 0 Å². The maximum atomic E-state index is 12.2. The van der Waals surface area contributed by atoms with E-state index in [0.29, 0.717) is 0 Å². The van der Waals surface area contributed by atoms with Gasteiger partial charge in [-0.15, -0.1) is 11.6 Å². The summed E-state index contributed by atoms with van der Waals surface area (Å²) < 4.78 is 0. The van der Waals surface area contributed by atoms with Gasteiger partial charge in [-0.2, -0.15) is 0 Å². The van der Waals surface area contributed by atoms with Gasteiger partial charge in [0.15, 0.2) is 0 Å². The Hall–Kier alpha value is -1.09. The van der Waals surface area contributed by atoms with Crippen LogP contribution in [0.25, 0.3) is 0 Å². The third kappa shape index (κ3) is 3.19. The minimum absolute atomic E-state index is 0.0153. The number of hydrogen-bond donors (Lipinski definition) is 0. The van der Waals surface area contributed by atoms with E-state index in [0.717, 1.165) is 31.5 Å². The lowest BCUT2D eigenvalue weighted by molar-refractivity contribution is -0.130. The lowest BCUT2D eigenvalue weighted by Crippen LogP contribution is -2.34. The summed E-state index contributed by atoms with van der Waals surface area (Å²) in [5.74, 6) is 0.0153. The van der Waals surface area contributed by atoms with Gasteiger partial charge in [-0.05, 0) is 24.5 Å². The first-order valence-electron chi connectivity index (χ1n) is 6.12. The average Bonchev–Trinajstić information content (AvgIpc) is 2.67. The summed E-state index contributed by atoms with van der Waals surface area (Å²) in [5, 5.41) is -0.596. The summed E-state index contributed by atoms with van der Waals surface area (Å²) >= 11 is 6.21. The highest BCUT2D eigenvalue weighted by atomic mass is 35.5. The Labute approximate surface area is 107 Å². The summed E-state index contributed by atoms with van der Waals surface area (Å²) in [5.41, 5.74) is 0.781. The number of rotatable bonds is 2. The van der Waals surface area contributed by atoms with Gasteiger partial charge in [-0.1, -0.05) is 18.9 Å². The fraction of sp³-hybridized carbons (Fsp3) is 0.538. The van der Waals surface area contributed by atoms with Gasteiger partial charge >= 0.3 is 0 Å². The van der Waals surface area contributed by atoms with Crippen molar-refractivity contribution in [1.82, 2.24) is 9.88 Å². The predicted molar refractivity (Wildman–Crippen MR) is 67.9 cm³/mol. The molecule has 92 valence electrons. The Morgan fingerprint density at radius 1 is 1.29 bits per heavy atom. The minimum Gasteiger partial charge on any atom is -0.341 e. The third-order valence-electron chi connectivity index (χ3n) is 3.11. The Morgan fingerprint density at radius 3 is 2.59 bits per heavy atom. The Balaban J connectivity index is 2.03. The van der Waals surface area contributed by atoms with Crippen LogP contribution in [0.15, 0.2) is 24.5 Å². The molecule has 1 atom stereocenters. The van der Waals surface area contributed by atoms with Gasteiger partial charge in [0, 0.05) is 25.5 Å². The molecule has 0 aromatic carbocycles. The predicted octanol–water partition coefficient (Wildman–Crippen LogP) is 2.76. The van der Waals surface area contributed by atoms with Gasteiger partial charge in [-0.3, -0.25) is 9.78 Å². The maximum Gasteiger partial charge on any atom is 0.245 e. The molecule has 0 radical (unpaired) electrons. The topological polar surface area (TPSA) is 33.2 Å². The van der Waals surface area contributed by atoms with Crippen LogP contribution < -0.4 is 0 Å². The first kappa shape index (κ1) is 12.4. The molecule has 17 heavy (non-hydrogen) atoms. The highest BCUT2D eigenvalue weighted by Gasteiger charge is 2.24. The van der Waals surface area contributed by atoms with Crippen molar-refractivity contribution in [3.05, 3.63) is 30.1 Å². The number of pyridine rings is 1. The van der Waals surface area contributed by atoms with Crippen LogP contribution in [0.3, 0.4) is 0 Å². The fourth-order valence-corrected chi connectivity index (χ4v) is 2.39. The van der Waals surface area contributed by atoms with Crippen LogP contribution in [0.5, 0.6) is 0 Å². The Kier molecular flexibility index (Phi) is 4.37. The highest BCUT2D eigenvalue weighted by molar-refractivity contribution is 6.30. The van der Waals surface area contributed by atoms with Crippen molar-refractivity contribution in [3.63, 3.8) is 0 Å². The average molecular weight is 253 g/mol. The molecule has 1 unspecified atom stereocenters. The molecule has 0 spiro atoms. The minimum atomic E-state index is -0.596. The number of likely N-dealkylation sites (tertiary alicyclic amines) is 1. The second-order valence-electron chi connectivity index (χ2n) is 4.39. The van der Waals surface area contributed by atoms with Crippen molar-refractivity contribution in [2.45, 2.75) is 31.1 Å². The maximum absolute atomic E-state index is 12.2. The molecule has 0 bridgehead atoms. The van der Waals surface area contributed by atoms with Crippen LogP contribution in [0, 0.1) is 0 Å². The molecule has 0 saturated carbocycles. The fourth-order valence-electron chi connectivity index (χ4n) is 2.12. The van der Waals surface area contributed by atoms with Gasteiger partial charge in [0.25, 0.3) is 0 Å². The normalized spacial score (nSPS) is 18.5. The van der Waals surface area contributed by atoms with Gasteiger partial charge in [-0.25, -0.2) is 0 Å². The zero-order valence-corrected chi connectivity index (χ0v) is 10.6. The van der Waals surface area contributed by atoms with Crippen LogP contribution in [0.2, 0.25) is 0 Å². The van der Waals surface area contributed by atoms with Crippen LogP contribution >= 0.6 is 11.6 Å². The summed E-state index contributed by atoms with van der Waals surface area (Å²) in [4.78, 5) is 18.1. The second-order valence-corrected chi connectivity index (χ2v) is 4.82. The summed E-state index contributed by atoms with van der Waals surface area (Å²) in [6.45, 7) is 1.67. The van der Waals surface area contributed by atoms with E-state index in [4.69, 9.17) is 11.6 Å². The van der Waals surface area contributed by atoms with Gasteiger partial charge in [0.2, 0.25) is 5.91 Å². The Morgan fingerprint density at radius 2 is 2.00 bits per heavy atom. The monoisotopic (exact) mass is 252 g/mol. The molecule has 1 aromatic heterocycles. The molecule has 2 rings (SSSR count). The van der Waals surface area contributed by atoms with Crippen molar-refractivity contribution >= 4 is 17.5 Å². The highest BCUT2D eigenvalue weighted by Crippen LogP contribution is 2.23. The molecule has 1 saturated heterocycles. The van der Waals surface area contributed by atoms with Crippen molar-refractivity contribution in [3.8, 4) is 0 Å². The molecule has 1 aliphatic heterocycles. The largest absolute Gasteiger partial charge is 0.341 e. The van der Waals surface area contributed by atoms with E-state index in [1.54, 1.807) is 18.5 Å². The number of aromatic nitrogens is 1. The molecule has 1 aliphatic rings. The van der Waals surface area contributed by atoms with Crippen LogP contribution in [-0.2, 0) is 4.79 Å². The van der Waals surface area contributed by atoms with E-state index in [9.17, 15) is 4.79 Å². The van der Waals surface area contributed by atoms with Gasteiger partial charge in [0.05, 0.1) is 0 Å². The standard InChI is InChI=1S/C13H17ClN2O/c14-12(11-6-5-7-15-10-11)13(17)16-8-3-1-2-4-9-16/h5-7,10,12H,1-4,8-9H2. The van der Waals surface area contributed by atoms with E-state index in [2.05, 4.69) is 4.98 Å². The molecule has 3 nitrogen and oxygen atoms in total. The zero-order chi connectivity index (χ0) is 12.1. The van der Waals surface area contributed by atoms with E-state index in [-0.39, 0.29) is 5.91 Å². The van der Waals surface area contributed by atoms with Gasteiger partial charge in [0.1, 0.15) is 5.38 Å². The number of alkyl halides is 1. The van der Waals surface area contributed by atoms with Crippen LogP contribution in [0.4, 0.5) is 0 Å². The molecular formula is C13H17ClN2O. The number of halogens is 1. The van der Waals surface area contributed by atoms with Crippen molar-refractivity contribution < 1.29 is 4.79 Å². The zero-order valence-electron chi connectivity index (χ0n) is 9.81. The Bertz CT molecular complexity index is 361. The molecule has 1 amide bonds. The molecule has 1 aromatic rings. The SMILES string of the molecule is O=C(C(Cl)c1cccnc1)N1CCCCCC1. The quantitative estimate of drug-likeness (QED) is 0.759. The van der Waals surface area contributed by atoms with E-state index in [1.807, 2.05) is 11.0 Å². The second kappa shape index (κ2) is 6.01. The van der Waals surface area contributed by atoms with Crippen LogP contribution in [-0.4, -0.2) is 28.9 Å². The van der Waals surface area contributed by atoms with Crippen LogP contribution in [0.1, 0.15) is 36.6 Å². The van der Waals surface area contributed by atoms with Crippen molar-refractivity contribution in [1.29, 1.82) is 0 Å².